The number of rotatable bonds is 4. The minimum Gasteiger partial charge on any atom is -0.495 e. The molecule has 0 saturated carbocycles. The predicted octanol–water partition coefficient (Wildman–Crippen LogP) is 4.87. The number of aryl methyl sites for hydroxylation is 1. The van der Waals surface area contributed by atoms with Crippen molar-refractivity contribution in [2.24, 2.45) is 0 Å². The fourth-order valence-electron chi connectivity index (χ4n) is 1.92. The number of alkyl halides is 3. The lowest BCUT2D eigenvalue weighted by atomic mass is 10.1. The number of thioether (sulfide) groups is 1. The number of anilines is 1. The smallest absolute Gasteiger partial charge is 0.446 e. The van der Waals surface area contributed by atoms with E-state index in [0.29, 0.717) is 11.4 Å². The first-order valence-corrected chi connectivity index (χ1v) is 7.42. The Morgan fingerprint density at radius 1 is 1.13 bits per heavy atom. The van der Waals surface area contributed by atoms with E-state index in [1.807, 2.05) is 13.0 Å². The van der Waals surface area contributed by atoms with Crippen molar-refractivity contribution in [2.45, 2.75) is 17.3 Å². The Morgan fingerprint density at radius 2 is 1.78 bits per heavy atom. The van der Waals surface area contributed by atoms with E-state index in [9.17, 15) is 18.0 Å². The van der Waals surface area contributed by atoms with Crippen molar-refractivity contribution >= 4 is 23.4 Å². The van der Waals surface area contributed by atoms with E-state index in [1.54, 1.807) is 12.1 Å². The molecule has 0 aliphatic carbocycles. The zero-order chi connectivity index (χ0) is 17.0. The van der Waals surface area contributed by atoms with Gasteiger partial charge in [0.2, 0.25) is 0 Å². The van der Waals surface area contributed by atoms with Crippen LogP contribution < -0.4 is 10.1 Å². The number of carbonyl (C=O) groups excluding carboxylic acids is 1. The maximum Gasteiger partial charge on any atom is 0.446 e. The SMILES string of the molecule is COc1ccc(C)cc1NC(=O)c1ccc(SC(F)(F)F)cc1. The van der Waals surface area contributed by atoms with Gasteiger partial charge in [0.25, 0.3) is 5.91 Å². The van der Waals surface area contributed by atoms with E-state index >= 15 is 0 Å². The number of nitrogens with one attached hydrogen (secondary N) is 1. The summed E-state index contributed by atoms with van der Waals surface area (Å²) in [4.78, 5) is 12.2. The van der Waals surface area contributed by atoms with Gasteiger partial charge in [-0.05, 0) is 60.6 Å². The van der Waals surface area contributed by atoms with E-state index in [1.165, 1.54) is 31.4 Å². The van der Waals surface area contributed by atoms with Gasteiger partial charge in [0, 0.05) is 10.5 Å². The van der Waals surface area contributed by atoms with Crippen molar-refractivity contribution in [3.05, 3.63) is 53.6 Å². The highest BCUT2D eigenvalue weighted by molar-refractivity contribution is 8.00. The highest BCUT2D eigenvalue weighted by atomic mass is 32.2. The number of ether oxygens (including phenoxy) is 1. The van der Waals surface area contributed by atoms with Crippen LogP contribution in [0.2, 0.25) is 0 Å². The Balaban J connectivity index is 2.14. The predicted molar refractivity (Wildman–Crippen MR) is 84.0 cm³/mol. The third-order valence-electron chi connectivity index (χ3n) is 2.95. The zero-order valence-corrected chi connectivity index (χ0v) is 13.2. The van der Waals surface area contributed by atoms with E-state index in [4.69, 9.17) is 4.74 Å². The van der Waals surface area contributed by atoms with Gasteiger partial charge < -0.3 is 10.1 Å². The molecule has 0 fully saturated rings. The molecule has 0 aliphatic rings. The van der Waals surface area contributed by atoms with Gasteiger partial charge in [-0.2, -0.15) is 13.2 Å². The quantitative estimate of drug-likeness (QED) is 0.807. The van der Waals surface area contributed by atoms with Crippen LogP contribution in [0.5, 0.6) is 5.75 Å². The van der Waals surface area contributed by atoms with Crippen LogP contribution in [0.1, 0.15) is 15.9 Å². The molecule has 122 valence electrons. The third-order valence-corrected chi connectivity index (χ3v) is 3.69. The molecule has 2 aromatic rings. The summed E-state index contributed by atoms with van der Waals surface area (Å²) in [5.74, 6) is 0.0886. The number of benzene rings is 2. The van der Waals surface area contributed by atoms with Crippen molar-refractivity contribution < 1.29 is 22.7 Å². The van der Waals surface area contributed by atoms with E-state index in [2.05, 4.69) is 5.32 Å². The van der Waals surface area contributed by atoms with Gasteiger partial charge in [0.05, 0.1) is 12.8 Å². The summed E-state index contributed by atoms with van der Waals surface area (Å²) in [7, 11) is 1.49. The second-order valence-corrected chi connectivity index (χ2v) is 5.87. The van der Waals surface area contributed by atoms with Crippen molar-refractivity contribution in [3.63, 3.8) is 0 Å². The molecule has 1 amide bonds. The van der Waals surface area contributed by atoms with Gasteiger partial charge in [-0.15, -0.1) is 0 Å². The van der Waals surface area contributed by atoms with Gasteiger partial charge >= 0.3 is 5.51 Å². The van der Waals surface area contributed by atoms with E-state index in [0.717, 1.165) is 5.56 Å². The first kappa shape index (κ1) is 17.2. The normalized spacial score (nSPS) is 11.2. The Labute approximate surface area is 135 Å². The maximum atomic E-state index is 12.3. The van der Waals surface area contributed by atoms with Gasteiger partial charge in [-0.3, -0.25) is 4.79 Å². The summed E-state index contributed by atoms with van der Waals surface area (Å²) in [6.45, 7) is 1.87. The van der Waals surface area contributed by atoms with Crippen LogP contribution in [0.15, 0.2) is 47.4 Å². The summed E-state index contributed by atoms with van der Waals surface area (Å²) in [6.07, 6.45) is 0. The first-order valence-electron chi connectivity index (χ1n) is 6.60. The molecule has 1 N–H and O–H groups in total. The average molecular weight is 341 g/mol. The number of hydrogen-bond donors (Lipinski definition) is 1. The third kappa shape index (κ3) is 4.92. The fourth-order valence-corrected chi connectivity index (χ4v) is 2.46. The topological polar surface area (TPSA) is 38.3 Å². The molecule has 2 aromatic carbocycles. The monoisotopic (exact) mass is 341 g/mol. The summed E-state index contributed by atoms with van der Waals surface area (Å²) < 4.78 is 42.0. The number of halogens is 3. The van der Waals surface area contributed by atoms with Crippen LogP contribution in [0, 0.1) is 6.92 Å². The fraction of sp³-hybridized carbons (Fsp3) is 0.188. The van der Waals surface area contributed by atoms with E-state index in [-0.39, 0.29) is 22.2 Å². The highest BCUT2D eigenvalue weighted by Gasteiger charge is 2.29. The molecular weight excluding hydrogens is 327 g/mol. The summed E-state index contributed by atoms with van der Waals surface area (Å²) in [6, 6.07) is 10.6. The molecule has 0 saturated heterocycles. The molecular formula is C16H14F3NO2S. The number of carbonyl (C=O) groups is 1. The number of hydrogen-bond acceptors (Lipinski definition) is 3. The van der Waals surface area contributed by atoms with Gasteiger partial charge in [0.15, 0.2) is 0 Å². The Kier molecular flexibility index (Phi) is 5.20. The van der Waals surface area contributed by atoms with Gasteiger partial charge in [0.1, 0.15) is 5.75 Å². The average Bonchev–Trinajstić information content (AvgIpc) is 2.46. The molecule has 0 bridgehead atoms. The molecule has 0 radical (unpaired) electrons. The minimum atomic E-state index is -4.35. The lowest BCUT2D eigenvalue weighted by molar-refractivity contribution is -0.0328. The van der Waals surface area contributed by atoms with Crippen LogP contribution in [0.3, 0.4) is 0 Å². The molecule has 2 rings (SSSR count). The maximum absolute atomic E-state index is 12.3. The van der Waals surface area contributed by atoms with Gasteiger partial charge in [-0.25, -0.2) is 0 Å². The molecule has 0 heterocycles. The second-order valence-electron chi connectivity index (χ2n) is 4.73. The Bertz CT molecular complexity index is 699. The lowest BCUT2D eigenvalue weighted by Gasteiger charge is -2.11. The highest BCUT2D eigenvalue weighted by Crippen LogP contribution is 2.36. The first-order chi connectivity index (χ1) is 10.8. The molecule has 0 aromatic heterocycles. The van der Waals surface area contributed by atoms with Crippen molar-refractivity contribution in [2.75, 3.05) is 12.4 Å². The molecule has 0 aliphatic heterocycles. The standard InChI is InChI=1S/C16H14F3NO2S/c1-10-3-8-14(22-2)13(9-10)20-15(21)11-4-6-12(7-5-11)23-16(17,18)19/h3-9H,1-2H3,(H,20,21). The van der Waals surface area contributed by atoms with Crippen LogP contribution in [0.4, 0.5) is 18.9 Å². The van der Waals surface area contributed by atoms with Crippen molar-refractivity contribution in [1.82, 2.24) is 0 Å². The Morgan fingerprint density at radius 3 is 2.35 bits per heavy atom. The zero-order valence-electron chi connectivity index (χ0n) is 12.4. The molecule has 3 nitrogen and oxygen atoms in total. The molecule has 7 heteroatoms. The van der Waals surface area contributed by atoms with E-state index < -0.39 is 11.4 Å². The van der Waals surface area contributed by atoms with Crippen LogP contribution in [-0.4, -0.2) is 18.5 Å². The lowest BCUT2D eigenvalue weighted by Crippen LogP contribution is -2.12. The summed E-state index contributed by atoms with van der Waals surface area (Å²) in [5.41, 5.74) is -2.64. The largest absolute Gasteiger partial charge is 0.495 e. The minimum absolute atomic E-state index is 0.0298. The number of amides is 1. The summed E-state index contributed by atoms with van der Waals surface area (Å²) in [5, 5.41) is 2.69. The molecule has 23 heavy (non-hydrogen) atoms. The van der Waals surface area contributed by atoms with Crippen molar-refractivity contribution in [1.29, 1.82) is 0 Å². The summed E-state index contributed by atoms with van der Waals surface area (Å²) >= 11 is -0.219. The second kappa shape index (κ2) is 6.95. The van der Waals surface area contributed by atoms with Gasteiger partial charge in [-0.1, -0.05) is 6.07 Å². The molecule has 0 unspecified atom stereocenters. The Hall–Kier alpha value is -2.15. The van der Waals surface area contributed by atoms with Crippen LogP contribution in [-0.2, 0) is 0 Å². The number of methoxy groups -OCH3 is 1. The molecule has 0 spiro atoms. The van der Waals surface area contributed by atoms with Crippen molar-refractivity contribution in [3.8, 4) is 5.75 Å². The van der Waals surface area contributed by atoms with Crippen LogP contribution in [0.25, 0.3) is 0 Å². The molecule has 0 atom stereocenters. The van der Waals surface area contributed by atoms with Crippen LogP contribution >= 0.6 is 11.8 Å².